The van der Waals surface area contributed by atoms with Crippen LogP contribution in [0.1, 0.15) is 44.2 Å². The first-order valence-corrected chi connectivity index (χ1v) is 12.0. The van der Waals surface area contributed by atoms with Gasteiger partial charge in [0.05, 0.1) is 5.69 Å². The maximum atomic E-state index is 13.5. The highest BCUT2D eigenvalue weighted by Crippen LogP contribution is 2.24. The van der Waals surface area contributed by atoms with Crippen LogP contribution in [0, 0.1) is 5.92 Å². The molecule has 0 spiro atoms. The second-order valence-corrected chi connectivity index (χ2v) is 9.99. The van der Waals surface area contributed by atoms with Gasteiger partial charge in [0.2, 0.25) is 5.82 Å². The second-order valence-electron chi connectivity index (χ2n) is 9.99. The van der Waals surface area contributed by atoms with Crippen molar-refractivity contribution in [3.8, 4) is 17.1 Å². The SMILES string of the molecule is CN(CC1CCCN(C(=O)c2nc(-c3ccccc3)n(-c3ccccc3)n2)C1)C(=O)OC(C)(C)C. The molecule has 0 saturated carbocycles. The van der Waals surface area contributed by atoms with E-state index >= 15 is 0 Å². The van der Waals surface area contributed by atoms with Gasteiger partial charge in [-0.25, -0.2) is 14.5 Å². The summed E-state index contributed by atoms with van der Waals surface area (Å²) in [6.45, 7) is 7.28. The number of ether oxygens (including phenoxy) is 1. The number of para-hydroxylation sites is 1. The fourth-order valence-electron chi connectivity index (χ4n) is 4.27. The van der Waals surface area contributed by atoms with Crippen LogP contribution in [-0.4, -0.2) is 68.8 Å². The van der Waals surface area contributed by atoms with Gasteiger partial charge < -0.3 is 14.5 Å². The van der Waals surface area contributed by atoms with Crippen LogP contribution in [0.15, 0.2) is 60.7 Å². The van der Waals surface area contributed by atoms with Gasteiger partial charge in [0, 0.05) is 32.2 Å². The van der Waals surface area contributed by atoms with E-state index in [9.17, 15) is 9.59 Å². The Morgan fingerprint density at radius 3 is 2.37 bits per heavy atom. The van der Waals surface area contributed by atoms with Gasteiger partial charge in [-0.2, -0.15) is 0 Å². The molecule has 1 saturated heterocycles. The first-order valence-electron chi connectivity index (χ1n) is 12.0. The number of rotatable bonds is 5. The number of nitrogens with zero attached hydrogens (tertiary/aromatic N) is 5. The summed E-state index contributed by atoms with van der Waals surface area (Å²) < 4.78 is 7.19. The molecule has 184 valence electrons. The lowest BCUT2D eigenvalue weighted by molar-refractivity contribution is 0.0243. The highest BCUT2D eigenvalue weighted by atomic mass is 16.6. The Balaban J connectivity index is 1.52. The van der Waals surface area contributed by atoms with Gasteiger partial charge in [0.1, 0.15) is 5.60 Å². The lowest BCUT2D eigenvalue weighted by Crippen LogP contribution is -2.45. The maximum absolute atomic E-state index is 13.5. The summed E-state index contributed by atoms with van der Waals surface area (Å²) in [7, 11) is 1.74. The van der Waals surface area contributed by atoms with Gasteiger partial charge in [-0.05, 0) is 51.7 Å². The summed E-state index contributed by atoms with van der Waals surface area (Å²) in [6, 6.07) is 19.4. The zero-order valence-electron chi connectivity index (χ0n) is 20.8. The minimum atomic E-state index is -0.542. The molecular formula is C27H33N5O3. The molecule has 1 atom stereocenters. The van der Waals surface area contributed by atoms with Crippen molar-refractivity contribution in [1.29, 1.82) is 0 Å². The first kappa shape index (κ1) is 24.4. The van der Waals surface area contributed by atoms with Gasteiger partial charge in [-0.1, -0.05) is 48.5 Å². The Labute approximate surface area is 206 Å². The molecule has 2 aromatic carbocycles. The van der Waals surface area contributed by atoms with E-state index in [1.54, 1.807) is 21.5 Å². The van der Waals surface area contributed by atoms with Crippen LogP contribution < -0.4 is 0 Å². The van der Waals surface area contributed by atoms with E-state index in [0.29, 0.717) is 25.5 Å². The second kappa shape index (κ2) is 10.3. The molecular weight excluding hydrogens is 442 g/mol. The van der Waals surface area contributed by atoms with Crippen molar-refractivity contribution in [3.63, 3.8) is 0 Å². The molecule has 1 aliphatic rings. The van der Waals surface area contributed by atoms with Crippen molar-refractivity contribution >= 4 is 12.0 Å². The number of aromatic nitrogens is 3. The van der Waals surface area contributed by atoms with Crippen molar-refractivity contribution in [2.45, 2.75) is 39.2 Å². The molecule has 1 aromatic heterocycles. The average Bonchev–Trinajstić information content (AvgIpc) is 3.29. The summed E-state index contributed by atoms with van der Waals surface area (Å²) in [5.74, 6) is 0.767. The fourth-order valence-corrected chi connectivity index (χ4v) is 4.27. The van der Waals surface area contributed by atoms with Crippen molar-refractivity contribution in [2.24, 2.45) is 5.92 Å². The molecule has 0 radical (unpaired) electrons. The molecule has 4 rings (SSSR count). The van der Waals surface area contributed by atoms with E-state index in [1.807, 2.05) is 81.4 Å². The molecule has 8 heteroatoms. The Kier molecular flexibility index (Phi) is 7.19. The highest BCUT2D eigenvalue weighted by Gasteiger charge is 2.30. The summed E-state index contributed by atoms with van der Waals surface area (Å²) >= 11 is 0. The molecule has 0 bridgehead atoms. The summed E-state index contributed by atoms with van der Waals surface area (Å²) in [6.07, 6.45) is 1.46. The van der Waals surface area contributed by atoms with Crippen LogP contribution in [0.4, 0.5) is 4.79 Å². The molecule has 1 aliphatic heterocycles. The quantitative estimate of drug-likeness (QED) is 0.536. The Morgan fingerprint density at radius 1 is 1.06 bits per heavy atom. The molecule has 0 N–H and O–H groups in total. The van der Waals surface area contributed by atoms with Crippen molar-refractivity contribution in [1.82, 2.24) is 24.6 Å². The molecule has 2 amide bonds. The molecule has 0 aliphatic carbocycles. The van der Waals surface area contributed by atoms with Crippen molar-refractivity contribution in [2.75, 3.05) is 26.7 Å². The van der Waals surface area contributed by atoms with Crippen LogP contribution in [0.3, 0.4) is 0 Å². The number of likely N-dealkylation sites (tertiary alicyclic amines) is 1. The van der Waals surface area contributed by atoms with Gasteiger partial charge in [-0.15, -0.1) is 5.10 Å². The van der Waals surface area contributed by atoms with E-state index in [1.165, 1.54) is 0 Å². The van der Waals surface area contributed by atoms with Crippen LogP contribution >= 0.6 is 0 Å². The Morgan fingerprint density at radius 2 is 1.71 bits per heavy atom. The number of piperidine rings is 1. The third-order valence-corrected chi connectivity index (χ3v) is 5.87. The predicted octanol–water partition coefficient (Wildman–Crippen LogP) is 4.65. The normalized spacial score (nSPS) is 16.1. The fraction of sp³-hybridized carbons (Fsp3) is 0.407. The molecule has 3 aromatic rings. The topological polar surface area (TPSA) is 80.6 Å². The third-order valence-electron chi connectivity index (χ3n) is 5.87. The Bertz CT molecular complexity index is 1100. The molecule has 2 heterocycles. The molecule has 1 unspecified atom stereocenters. The van der Waals surface area contributed by atoms with Gasteiger partial charge in [0.25, 0.3) is 5.91 Å². The van der Waals surface area contributed by atoms with Crippen LogP contribution in [0.2, 0.25) is 0 Å². The standard InChI is InChI=1S/C27H33N5O3/c1-27(2,3)35-26(34)30(4)18-20-12-11-17-31(19-20)25(33)23-28-24(21-13-7-5-8-14-21)32(29-23)22-15-9-6-10-16-22/h5-10,13-16,20H,11-12,17-19H2,1-4H3. The number of benzene rings is 2. The average molecular weight is 476 g/mol. The van der Waals surface area contributed by atoms with Crippen LogP contribution in [0.5, 0.6) is 0 Å². The van der Waals surface area contributed by atoms with E-state index in [0.717, 1.165) is 24.1 Å². The smallest absolute Gasteiger partial charge is 0.410 e. The number of amides is 2. The third kappa shape index (κ3) is 6.07. The van der Waals surface area contributed by atoms with Crippen molar-refractivity contribution < 1.29 is 14.3 Å². The zero-order chi connectivity index (χ0) is 25.0. The predicted molar refractivity (Wildman–Crippen MR) is 134 cm³/mol. The van der Waals surface area contributed by atoms with Gasteiger partial charge >= 0.3 is 6.09 Å². The van der Waals surface area contributed by atoms with E-state index in [4.69, 9.17) is 4.74 Å². The number of carbonyl (C=O) groups is 2. The molecule has 8 nitrogen and oxygen atoms in total. The largest absolute Gasteiger partial charge is 0.444 e. The monoisotopic (exact) mass is 475 g/mol. The van der Waals surface area contributed by atoms with E-state index in [2.05, 4.69) is 10.1 Å². The molecule has 35 heavy (non-hydrogen) atoms. The Hall–Kier alpha value is -3.68. The minimum Gasteiger partial charge on any atom is -0.444 e. The van der Waals surface area contributed by atoms with Gasteiger partial charge in [-0.3, -0.25) is 4.79 Å². The zero-order valence-corrected chi connectivity index (χ0v) is 20.8. The summed E-state index contributed by atoms with van der Waals surface area (Å²) in [5, 5.41) is 4.62. The first-order chi connectivity index (χ1) is 16.7. The van der Waals surface area contributed by atoms with E-state index < -0.39 is 5.60 Å². The number of hydrogen-bond acceptors (Lipinski definition) is 5. The lowest BCUT2D eigenvalue weighted by Gasteiger charge is -2.34. The number of hydrogen-bond donors (Lipinski definition) is 0. The lowest BCUT2D eigenvalue weighted by atomic mass is 9.97. The summed E-state index contributed by atoms with van der Waals surface area (Å²) in [5.41, 5.74) is 1.19. The van der Waals surface area contributed by atoms with Crippen molar-refractivity contribution in [3.05, 3.63) is 66.5 Å². The summed E-state index contributed by atoms with van der Waals surface area (Å²) in [4.78, 5) is 33.9. The van der Waals surface area contributed by atoms with Gasteiger partial charge in [0.15, 0.2) is 5.82 Å². The highest BCUT2D eigenvalue weighted by molar-refractivity contribution is 5.91. The minimum absolute atomic E-state index is 0.162. The van der Waals surface area contributed by atoms with Crippen LogP contribution in [-0.2, 0) is 4.74 Å². The molecule has 1 fully saturated rings. The van der Waals surface area contributed by atoms with E-state index in [-0.39, 0.29) is 23.7 Å². The van der Waals surface area contributed by atoms with Crippen LogP contribution in [0.25, 0.3) is 17.1 Å². The maximum Gasteiger partial charge on any atom is 0.410 e. The number of carbonyl (C=O) groups excluding carboxylic acids is 2.